The number of anilines is 1. The zero-order valence-corrected chi connectivity index (χ0v) is 10.4. The average molecular weight is 255 g/mol. The van der Waals surface area contributed by atoms with Crippen LogP contribution in [-0.4, -0.2) is 40.6 Å². The minimum absolute atomic E-state index is 0.0202. The molecule has 92 valence electrons. The Kier molecular flexibility index (Phi) is 2.78. The molecule has 17 heavy (non-hydrogen) atoms. The van der Waals surface area contributed by atoms with E-state index in [0.717, 1.165) is 0 Å². The molecule has 1 aromatic heterocycles. The first kappa shape index (κ1) is 11.8. The molecule has 1 saturated heterocycles. The number of hydrogen-bond donors (Lipinski definition) is 2. The van der Waals surface area contributed by atoms with Crippen LogP contribution in [0.25, 0.3) is 0 Å². The van der Waals surface area contributed by atoms with Gasteiger partial charge in [-0.25, -0.2) is 9.78 Å². The van der Waals surface area contributed by atoms with E-state index in [2.05, 4.69) is 10.3 Å². The lowest BCUT2D eigenvalue weighted by molar-refractivity contribution is -0.126. The molecule has 0 aromatic carbocycles. The molecule has 0 aliphatic carbocycles. The van der Waals surface area contributed by atoms with Crippen molar-refractivity contribution in [1.82, 2.24) is 10.3 Å². The van der Waals surface area contributed by atoms with E-state index in [0.29, 0.717) is 18.2 Å². The zero-order valence-electron chi connectivity index (χ0n) is 9.56. The molecule has 0 atom stereocenters. The summed E-state index contributed by atoms with van der Waals surface area (Å²) in [7, 11) is 0. The first-order chi connectivity index (χ1) is 7.93. The summed E-state index contributed by atoms with van der Waals surface area (Å²) in [6.45, 7) is 4.77. The van der Waals surface area contributed by atoms with Crippen LogP contribution in [-0.2, 0) is 4.79 Å². The highest BCUT2D eigenvalue weighted by molar-refractivity contribution is 7.14. The van der Waals surface area contributed by atoms with E-state index in [-0.39, 0.29) is 11.6 Å². The van der Waals surface area contributed by atoms with Gasteiger partial charge in [0.2, 0.25) is 5.91 Å². The zero-order chi connectivity index (χ0) is 12.6. The number of nitrogens with zero attached hydrogens (tertiary/aromatic N) is 2. The predicted octanol–water partition coefficient (Wildman–Crippen LogP) is 0.556. The molecule has 1 aromatic rings. The SMILES string of the molecule is CC1(C)C(=O)NCCN1c1nc(C(=O)O)cs1. The van der Waals surface area contributed by atoms with E-state index in [1.54, 1.807) is 13.8 Å². The van der Waals surface area contributed by atoms with Crippen LogP contribution in [0.3, 0.4) is 0 Å². The second-order valence-electron chi connectivity index (χ2n) is 4.29. The van der Waals surface area contributed by atoms with Gasteiger partial charge in [0.1, 0.15) is 5.54 Å². The number of hydrogen-bond acceptors (Lipinski definition) is 5. The van der Waals surface area contributed by atoms with Crippen LogP contribution in [0.4, 0.5) is 5.13 Å². The third-order valence-electron chi connectivity index (χ3n) is 2.79. The molecule has 7 heteroatoms. The second kappa shape index (κ2) is 3.99. The molecule has 0 unspecified atom stereocenters. The lowest BCUT2D eigenvalue weighted by Gasteiger charge is -2.40. The molecular formula is C10H13N3O3S. The number of carboxylic acids is 1. The summed E-state index contributed by atoms with van der Waals surface area (Å²) in [5, 5.41) is 13.7. The number of aromatic nitrogens is 1. The summed E-state index contributed by atoms with van der Waals surface area (Å²) in [5.74, 6) is -1.12. The fourth-order valence-corrected chi connectivity index (χ4v) is 2.69. The minimum atomic E-state index is -1.05. The van der Waals surface area contributed by atoms with Gasteiger partial charge in [0.15, 0.2) is 10.8 Å². The molecule has 2 heterocycles. The van der Waals surface area contributed by atoms with Crippen molar-refractivity contribution in [3.63, 3.8) is 0 Å². The quantitative estimate of drug-likeness (QED) is 0.806. The normalized spacial score (nSPS) is 18.9. The molecule has 0 radical (unpaired) electrons. The predicted molar refractivity (Wildman–Crippen MR) is 63.5 cm³/mol. The van der Waals surface area contributed by atoms with Crippen molar-refractivity contribution in [3.05, 3.63) is 11.1 Å². The number of thiazole rings is 1. The first-order valence-corrected chi connectivity index (χ1v) is 6.05. The fraction of sp³-hybridized carbons (Fsp3) is 0.500. The van der Waals surface area contributed by atoms with Gasteiger partial charge in [0.25, 0.3) is 0 Å². The standard InChI is InChI=1S/C10H13N3O3S/c1-10(2)8(16)11-3-4-13(10)9-12-6(5-17-9)7(14)15/h5H,3-4H2,1-2H3,(H,11,16)(H,14,15). The van der Waals surface area contributed by atoms with Crippen LogP contribution < -0.4 is 10.2 Å². The van der Waals surface area contributed by atoms with Crippen molar-refractivity contribution in [2.45, 2.75) is 19.4 Å². The van der Waals surface area contributed by atoms with Gasteiger partial charge in [0.05, 0.1) is 0 Å². The van der Waals surface area contributed by atoms with Crippen LogP contribution in [0.1, 0.15) is 24.3 Å². The van der Waals surface area contributed by atoms with Gasteiger partial charge < -0.3 is 15.3 Å². The van der Waals surface area contributed by atoms with Crippen LogP contribution in [0.15, 0.2) is 5.38 Å². The van der Waals surface area contributed by atoms with E-state index < -0.39 is 11.5 Å². The molecule has 2 N–H and O–H groups in total. The Morgan fingerprint density at radius 2 is 2.35 bits per heavy atom. The Hall–Kier alpha value is -1.63. The Balaban J connectivity index is 2.31. The number of amides is 1. The lowest BCUT2D eigenvalue weighted by Crippen LogP contribution is -2.62. The highest BCUT2D eigenvalue weighted by Crippen LogP contribution is 2.29. The molecule has 1 aliphatic heterocycles. The largest absolute Gasteiger partial charge is 0.476 e. The molecule has 1 aliphatic rings. The van der Waals surface area contributed by atoms with Gasteiger partial charge in [-0.2, -0.15) is 0 Å². The fourth-order valence-electron chi connectivity index (χ4n) is 1.72. The molecule has 6 nitrogen and oxygen atoms in total. The third kappa shape index (κ3) is 1.97. The van der Waals surface area contributed by atoms with Crippen LogP contribution >= 0.6 is 11.3 Å². The van der Waals surface area contributed by atoms with Crippen molar-refractivity contribution in [2.75, 3.05) is 18.0 Å². The van der Waals surface area contributed by atoms with Gasteiger partial charge in [-0.3, -0.25) is 4.79 Å². The van der Waals surface area contributed by atoms with Crippen LogP contribution in [0.5, 0.6) is 0 Å². The van der Waals surface area contributed by atoms with E-state index in [1.165, 1.54) is 16.7 Å². The second-order valence-corrected chi connectivity index (χ2v) is 5.12. The van der Waals surface area contributed by atoms with Crippen molar-refractivity contribution in [1.29, 1.82) is 0 Å². The first-order valence-electron chi connectivity index (χ1n) is 5.17. The molecule has 1 fully saturated rings. The monoisotopic (exact) mass is 255 g/mol. The Bertz CT molecular complexity index is 469. The van der Waals surface area contributed by atoms with Crippen molar-refractivity contribution in [2.24, 2.45) is 0 Å². The maximum absolute atomic E-state index is 11.7. The lowest BCUT2D eigenvalue weighted by atomic mass is 10.00. The number of carboxylic acid groups (broad SMARTS) is 1. The Labute approximate surface area is 102 Å². The van der Waals surface area contributed by atoms with Crippen LogP contribution in [0.2, 0.25) is 0 Å². The highest BCUT2D eigenvalue weighted by atomic mass is 32.1. The van der Waals surface area contributed by atoms with Gasteiger partial charge in [-0.05, 0) is 13.8 Å². The molecule has 2 rings (SSSR count). The summed E-state index contributed by atoms with van der Waals surface area (Å²) in [5.41, 5.74) is -0.682. The summed E-state index contributed by atoms with van der Waals surface area (Å²) in [4.78, 5) is 28.4. The van der Waals surface area contributed by atoms with Crippen molar-refractivity contribution < 1.29 is 14.7 Å². The molecule has 0 bridgehead atoms. The van der Waals surface area contributed by atoms with Crippen LogP contribution in [0, 0.1) is 0 Å². The maximum atomic E-state index is 11.7. The summed E-state index contributed by atoms with van der Waals surface area (Å²) in [6.07, 6.45) is 0. The minimum Gasteiger partial charge on any atom is -0.476 e. The average Bonchev–Trinajstić information content (AvgIpc) is 2.71. The summed E-state index contributed by atoms with van der Waals surface area (Å²) >= 11 is 1.24. The van der Waals surface area contributed by atoms with Gasteiger partial charge in [-0.15, -0.1) is 11.3 Å². The molecule has 0 spiro atoms. The van der Waals surface area contributed by atoms with Gasteiger partial charge >= 0.3 is 5.97 Å². The third-order valence-corrected chi connectivity index (χ3v) is 3.66. The molecule has 0 saturated carbocycles. The molecular weight excluding hydrogens is 242 g/mol. The van der Waals surface area contributed by atoms with E-state index >= 15 is 0 Å². The van der Waals surface area contributed by atoms with E-state index in [9.17, 15) is 9.59 Å². The van der Waals surface area contributed by atoms with Crippen molar-refractivity contribution >= 4 is 28.3 Å². The highest BCUT2D eigenvalue weighted by Gasteiger charge is 2.39. The Morgan fingerprint density at radius 1 is 1.65 bits per heavy atom. The number of aromatic carboxylic acids is 1. The number of piperazine rings is 1. The van der Waals surface area contributed by atoms with Gasteiger partial charge in [0, 0.05) is 18.5 Å². The maximum Gasteiger partial charge on any atom is 0.355 e. The van der Waals surface area contributed by atoms with Gasteiger partial charge in [-0.1, -0.05) is 0 Å². The number of rotatable bonds is 2. The number of carbonyl (C=O) groups is 2. The smallest absolute Gasteiger partial charge is 0.355 e. The number of nitrogens with one attached hydrogen (secondary N) is 1. The van der Waals surface area contributed by atoms with Crippen molar-refractivity contribution in [3.8, 4) is 0 Å². The summed E-state index contributed by atoms with van der Waals surface area (Å²) < 4.78 is 0. The van der Waals surface area contributed by atoms with E-state index in [4.69, 9.17) is 5.11 Å². The topological polar surface area (TPSA) is 82.5 Å². The van der Waals surface area contributed by atoms with E-state index in [1.807, 2.05) is 4.90 Å². The summed E-state index contributed by atoms with van der Waals surface area (Å²) in [6, 6.07) is 0. The number of carbonyl (C=O) groups excluding carboxylic acids is 1. The molecule has 1 amide bonds. The Morgan fingerprint density at radius 3 is 2.94 bits per heavy atom.